The number of aromatic nitrogens is 1. The first-order valence-electron chi connectivity index (χ1n) is 5.45. The van der Waals surface area contributed by atoms with Crippen molar-refractivity contribution in [3.63, 3.8) is 0 Å². The molecule has 0 aliphatic rings. The summed E-state index contributed by atoms with van der Waals surface area (Å²) in [6.07, 6.45) is 3.60. The molecular weight excluding hydrogens is 361 g/mol. The van der Waals surface area contributed by atoms with Crippen LogP contribution in [-0.2, 0) is 0 Å². The molecule has 0 fully saturated rings. The Bertz CT molecular complexity index is 560. The van der Waals surface area contributed by atoms with Gasteiger partial charge in [0.1, 0.15) is 0 Å². The van der Waals surface area contributed by atoms with Crippen molar-refractivity contribution in [2.24, 2.45) is 5.84 Å². The van der Waals surface area contributed by atoms with E-state index in [4.69, 9.17) is 17.4 Å². The Morgan fingerprint density at radius 2 is 2.17 bits per heavy atom. The third kappa shape index (κ3) is 2.83. The van der Waals surface area contributed by atoms with Crippen molar-refractivity contribution in [1.82, 2.24) is 10.4 Å². The molecule has 0 amide bonds. The molecule has 0 saturated carbocycles. The van der Waals surface area contributed by atoms with Crippen LogP contribution in [0.25, 0.3) is 0 Å². The van der Waals surface area contributed by atoms with E-state index in [0.29, 0.717) is 0 Å². The van der Waals surface area contributed by atoms with Gasteiger partial charge in [-0.05, 0) is 64.4 Å². The molecule has 0 radical (unpaired) electrons. The van der Waals surface area contributed by atoms with Crippen LogP contribution in [-0.4, -0.2) is 4.98 Å². The summed E-state index contributed by atoms with van der Waals surface area (Å²) in [6, 6.07) is 7.79. The summed E-state index contributed by atoms with van der Waals surface area (Å²) in [5.41, 5.74) is 6.04. The molecule has 2 rings (SSSR count). The molecule has 0 aliphatic heterocycles. The van der Waals surface area contributed by atoms with E-state index in [1.165, 1.54) is 0 Å². The van der Waals surface area contributed by atoms with Gasteiger partial charge < -0.3 is 0 Å². The van der Waals surface area contributed by atoms with Gasteiger partial charge in [0.25, 0.3) is 0 Å². The number of halogens is 2. The van der Waals surface area contributed by atoms with Crippen LogP contribution in [0.3, 0.4) is 0 Å². The Labute approximate surface area is 125 Å². The first-order valence-corrected chi connectivity index (χ1v) is 6.90. The summed E-state index contributed by atoms with van der Waals surface area (Å²) in [4.78, 5) is 4.15. The van der Waals surface area contributed by atoms with Crippen molar-refractivity contribution < 1.29 is 0 Å². The third-order valence-electron chi connectivity index (χ3n) is 2.83. The molecule has 1 heterocycles. The number of hydrogen-bond acceptors (Lipinski definition) is 3. The highest BCUT2D eigenvalue weighted by Gasteiger charge is 2.15. The fourth-order valence-electron chi connectivity index (χ4n) is 1.84. The van der Waals surface area contributed by atoms with Gasteiger partial charge in [0, 0.05) is 16.0 Å². The maximum atomic E-state index is 6.15. The molecule has 0 bridgehead atoms. The topological polar surface area (TPSA) is 50.9 Å². The van der Waals surface area contributed by atoms with Crippen LogP contribution in [0.5, 0.6) is 0 Å². The van der Waals surface area contributed by atoms with E-state index in [-0.39, 0.29) is 6.04 Å². The Hall–Kier alpha value is -0.690. The molecule has 5 heteroatoms. The Morgan fingerprint density at radius 3 is 2.78 bits per heavy atom. The average Bonchev–Trinajstić information content (AvgIpc) is 2.37. The number of benzene rings is 1. The molecule has 3 N–H and O–H groups in total. The summed E-state index contributed by atoms with van der Waals surface area (Å²) >= 11 is 8.35. The molecule has 2 aromatic rings. The number of hydrazine groups is 1. The zero-order chi connectivity index (χ0) is 13.1. The number of pyridine rings is 1. The van der Waals surface area contributed by atoms with Gasteiger partial charge in [0.15, 0.2) is 0 Å². The third-order valence-corrected chi connectivity index (χ3v) is 4.41. The molecule has 1 unspecified atom stereocenters. The van der Waals surface area contributed by atoms with Gasteiger partial charge in [-0.2, -0.15) is 0 Å². The number of rotatable bonds is 3. The molecule has 0 aliphatic carbocycles. The maximum Gasteiger partial charge on any atom is 0.0728 e. The standard InChI is InChI=1S/C13H13ClIN3/c1-8-4-5-17-7-10(8)13(18-16)9-2-3-12(15)11(14)6-9/h2-7,13,18H,16H2,1H3. The van der Waals surface area contributed by atoms with Crippen LogP contribution in [0.2, 0.25) is 5.02 Å². The molecule has 1 aromatic heterocycles. The van der Waals surface area contributed by atoms with E-state index in [2.05, 4.69) is 33.0 Å². The molecule has 1 atom stereocenters. The lowest BCUT2D eigenvalue weighted by molar-refractivity contribution is 0.631. The van der Waals surface area contributed by atoms with Crippen molar-refractivity contribution in [2.45, 2.75) is 13.0 Å². The van der Waals surface area contributed by atoms with Gasteiger partial charge in [0.2, 0.25) is 0 Å². The highest BCUT2D eigenvalue weighted by Crippen LogP contribution is 2.27. The van der Waals surface area contributed by atoms with Gasteiger partial charge in [-0.15, -0.1) is 0 Å². The SMILES string of the molecule is Cc1ccncc1C(NN)c1ccc(I)c(Cl)c1. The van der Waals surface area contributed by atoms with E-state index >= 15 is 0 Å². The van der Waals surface area contributed by atoms with E-state index in [1.54, 1.807) is 6.20 Å². The average molecular weight is 374 g/mol. The summed E-state index contributed by atoms with van der Waals surface area (Å²) in [5, 5.41) is 0.731. The minimum absolute atomic E-state index is 0.104. The first kappa shape index (κ1) is 13.7. The number of hydrogen-bond donors (Lipinski definition) is 2. The monoisotopic (exact) mass is 373 g/mol. The van der Waals surface area contributed by atoms with Crippen LogP contribution in [0.4, 0.5) is 0 Å². The van der Waals surface area contributed by atoms with E-state index in [1.807, 2.05) is 37.4 Å². The normalized spacial score (nSPS) is 12.4. The minimum Gasteiger partial charge on any atom is -0.271 e. The highest BCUT2D eigenvalue weighted by atomic mass is 127. The lowest BCUT2D eigenvalue weighted by Crippen LogP contribution is -2.29. The molecule has 18 heavy (non-hydrogen) atoms. The van der Waals surface area contributed by atoms with E-state index in [9.17, 15) is 0 Å². The molecule has 0 spiro atoms. The van der Waals surface area contributed by atoms with Crippen molar-refractivity contribution >= 4 is 34.2 Å². The first-order chi connectivity index (χ1) is 8.63. The Balaban J connectivity index is 2.45. The van der Waals surface area contributed by atoms with E-state index in [0.717, 1.165) is 25.3 Å². The highest BCUT2D eigenvalue weighted by molar-refractivity contribution is 14.1. The summed E-state index contributed by atoms with van der Waals surface area (Å²) < 4.78 is 1.02. The number of nitrogens with two attached hydrogens (primary N) is 1. The van der Waals surface area contributed by atoms with Gasteiger partial charge in [-0.25, -0.2) is 5.43 Å². The largest absolute Gasteiger partial charge is 0.271 e. The Kier molecular flexibility index (Phi) is 4.55. The molecule has 94 valence electrons. The number of aryl methyl sites for hydroxylation is 1. The predicted octanol–water partition coefficient (Wildman–Crippen LogP) is 3.20. The lowest BCUT2D eigenvalue weighted by atomic mass is 9.97. The second-order valence-electron chi connectivity index (χ2n) is 4.01. The number of nitrogens with one attached hydrogen (secondary N) is 1. The number of nitrogens with zero attached hydrogens (tertiary/aromatic N) is 1. The molecule has 0 saturated heterocycles. The minimum atomic E-state index is -0.104. The molecule has 1 aromatic carbocycles. The van der Waals surface area contributed by atoms with Crippen LogP contribution in [0.1, 0.15) is 22.7 Å². The molecule has 3 nitrogen and oxygen atoms in total. The second kappa shape index (κ2) is 5.97. The smallest absolute Gasteiger partial charge is 0.0728 e. The Morgan fingerprint density at radius 1 is 1.39 bits per heavy atom. The van der Waals surface area contributed by atoms with E-state index < -0.39 is 0 Å². The van der Waals surface area contributed by atoms with Crippen LogP contribution < -0.4 is 11.3 Å². The fourth-order valence-corrected chi connectivity index (χ4v) is 2.36. The summed E-state index contributed by atoms with van der Waals surface area (Å²) in [7, 11) is 0. The summed E-state index contributed by atoms with van der Waals surface area (Å²) in [6.45, 7) is 2.04. The van der Waals surface area contributed by atoms with Gasteiger partial charge in [0.05, 0.1) is 11.1 Å². The second-order valence-corrected chi connectivity index (χ2v) is 5.57. The van der Waals surface area contributed by atoms with Crippen LogP contribution in [0, 0.1) is 10.5 Å². The molecular formula is C13H13ClIN3. The zero-order valence-electron chi connectivity index (χ0n) is 9.82. The summed E-state index contributed by atoms with van der Waals surface area (Å²) in [5.74, 6) is 5.67. The fraction of sp³-hybridized carbons (Fsp3) is 0.154. The maximum absolute atomic E-state index is 6.15. The van der Waals surface area contributed by atoms with Gasteiger partial charge in [-0.1, -0.05) is 17.7 Å². The van der Waals surface area contributed by atoms with Crippen molar-refractivity contribution in [3.8, 4) is 0 Å². The predicted molar refractivity (Wildman–Crippen MR) is 82.3 cm³/mol. The van der Waals surface area contributed by atoms with Crippen LogP contribution in [0.15, 0.2) is 36.7 Å². The van der Waals surface area contributed by atoms with Gasteiger partial charge >= 0.3 is 0 Å². The van der Waals surface area contributed by atoms with Crippen molar-refractivity contribution in [2.75, 3.05) is 0 Å². The van der Waals surface area contributed by atoms with Gasteiger partial charge in [-0.3, -0.25) is 10.8 Å². The van der Waals surface area contributed by atoms with Crippen LogP contribution >= 0.6 is 34.2 Å². The zero-order valence-corrected chi connectivity index (χ0v) is 12.7. The van der Waals surface area contributed by atoms with Crippen molar-refractivity contribution in [1.29, 1.82) is 0 Å². The lowest BCUT2D eigenvalue weighted by Gasteiger charge is -2.19. The quantitative estimate of drug-likeness (QED) is 0.493. The van der Waals surface area contributed by atoms with Crippen molar-refractivity contribution in [3.05, 3.63) is 61.9 Å².